The topological polar surface area (TPSA) is 39.2 Å². The summed E-state index contributed by atoms with van der Waals surface area (Å²) in [5.74, 6) is -0.342. The van der Waals surface area contributed by atoms with Gasteiger partial charge in [-0.2, -0.15) is 0 Å². The Kier molecular flexibility index (Phi) is 4.65. The van der Waals surface area contributed by atoms with Crippen LogP contribution in [0.4, 0.5) is 0 Å². The molecule has 22 heavy (non-hydrogen) atoms. The first kappa shape index (κ1) is 16.2. The van der Waals surface area contributed by atoms with Gasteiger partial charge in [-0.05, 0) is 42.5 Å². The first-order valence-corrected chi connectivity index (χ1v) is 7.58. The second-order valence-electron chi connectivity index (χ2n) is 6.40. The molecule has 0 bridgehead atoms. The number of aryl methyl sites for hydroxylation is 1. The van der Waals surface area contributed by atoms with E-state index < -0.39 is 0 Å². The Morgan fingerprint density at radius 2 is 2.05 bits per heavy atom. The van der Waals surface area contributed by atoms with Crippen molar-refractivity contribution >= 4 is 22.9 Å². The van der Waals surface area contributed by atoms with Crippen molar-refractivity contribution < 1.29 is 9.53 Å². The number of carbonyl (C=O) groups is 1. The molecule has 1 aromatic carbocycles. The van der Waals surface area contributed by atoms with Gasteiger partial charge in [-0.3, -0.25) is 0 Å². The van der Waals surface area contributed by atoms with Gasteiger partial charge in [0.2, 0.25) is 0 Å². The SMILES string of the molecule is CCOC(=O)/C=C/c1cc(C)c2cccc(C(C)(C)C)c2n1. The number of aromatic nitrogens is 1. The van der Waals surface area contributed by atoms with Crippen molar-refractivity contribution in [3.63, 3.8) is 0 Å². The monoisotopic (exact) mass is 297 g/mol. The highest BCUT2D eigenvalue weighted by atomic mass is 16.5. The normalized spacial score (nSPS) is 12.0. The van der Waals surface area contributed by atoms with Crippen LogP contribution in [0, 0.1) is 6.92 Å². The van der Waals surface area contributed by atoms with Gasteiger partial charge in [-0.25, -0.2) is 9.78 Å². The number of hydrogen-bond donors (Lipinski definition) is 0. The molecule has 0 saturated heterocycles. The fourth-order valence-electron chi connectivity index (χ4n) is 2.48. The smallest absolute Gasteiger partial charge is 0.330 e. The van der Waals surface area contributed by atoms with E-state index >= 15 is 0 Å². The van der Waals surface area contributed by atoms with Gasteiger partial charge >= 0.3 is 5.97 Å². The van der Waals surface area contributed by atoms with Crippen LogP contribution in [-0.4, -0.2) is 17.6 Å². The average molecular weight is 297 g/mol. The summed E-state index contributed by atoms with van der Waals surface area (Å²) >= 11 is 0. The number of fused-ring (bicyclic) bond motifs is 1. The van der Waals surface area contributed by atoms with E-state index in [1.807, 2.05) is 6.07 Å². The third-order valence-corrected chi connectivity index (χ3v) is 3.55. The summed E-state index contributed by atoms with van der Waals surface area (Å²) in [4.78, 5) is 16.2. The van der Waals surface area contributed by atoms with Crippen LogP contribution in [0.2, 0.25) is 0 Å². The summed E-state index contributed by atoms with van der Waals surface area (Å²) in [7, 11) is 0. The average Bonchev–Trinajstić information content (AvgIpc) is 2.44. The minimum Gasteiger partial charge on any atom is -0.463 e. The molecule has 2 aromatic rings. The Labute approximate surface area is 132 Å². The molecule has 0 atom stereocenters. The zero-order valence-corrected chi connectivity index (χ0v) is 13.9. The zero-order valence-electron chi connectivity index (χ0n) is 13.9. The van der Waals surface area contributed by atoms with Gasteiger partial charge in [0.05, 0.1) is 17.8 Å². The summed E-state index contributed by atoms with van der Waals surface area (Å²) in [6.07, 6.45) is 3.14. The highest BCUT2D eigenvalue weighted by molar-refractivity contribution is 5.89. The zero-order chi connectivity index (χ0) is 16.3. The van der Waals surface area contributed by atoms with Crippen LogP contribution < -0.4 is 0 Å². The van der Waals surface area contributed by atoms with Gasteiger partial charge in [0.25, 0.3) is 0 Å². The van der Waals surface area contributed by atoms with E-state index in [1.165, 1.54) is 11.6 Å². The molecule has 0 radical (unpaired) electrons. The van der Waals surface area contributed by atoms with Crippen LogP contribution in [0.3, 0.4) is 0 Å². The van der Waals surface area contributed by atoms with E-state index in [4.69, 9.17) is 9.72 Å². The Bertz CT molecular complexity index is 724. The number of nitrogens with zero attached hydrogens (tertiary/aromatic N) is 1. The third-order valence-electron chi connectivity index (χ3n) is 3.55. The number of ether oxygens (including phenoxy) is 1. The van der Waals surface area contributed by atoms with Crippen LogP contribution in [0.25, 0.3) is 17.0 Å². The minimum absolute atomic E-state index is 0.0163. The molecule has 0 N–H and O–H groups in total. The molecule has 0 spiro atoms. The van der Waals surface area contributed by atoms with Crippen molar-refractivity contribution in [3.8, 4) is 0 Å². The third kappa shape index (κ3) is 3.53. The highest BCUT2D eigenvalue weighted by Crippen LogP contribution is 2.30. The van der Waals surface area contributed by atoms with Crippen LogP contribution in [0.5, 0.6) is 0 Å². The van der Waals surface area contributed by atoms with Gasteiger partial charge in [0.1, 0.15) is 0 Å². The fraction of sp³-hybridized carbons (Fsp3) is 0.368. The molecule has 0 unspecified atom stereocenters. The first-order valence-electron chi connectivity index (χ1n) is 7.58. The van der Waals surface area contributed by atoms with E-state index in [2.05, 4.69) is 45.9 Å². The van der Waals surface area contributed by atoms with E-state index in [9.17, 15) is 4.79 Å². The number of benzene rings is 1. The van der Waals surface area contributed by atoms with E-state index in [1.54, 1.807) is 13.0 Å². The maximum absolute atomic E-state index is 11.5. The van der Waals surface area contributed by atoms with Gasteiger partial charge < -0.3 is 4.74 Å². The van der Waals surface area contributed by atoms with Gasteiger partial charge in [0.15, 0.2) is 0 Å². The van der Waals surface area contributed by atoms with Crippen LogP contribution in [-0.2, 0) is 14.9 Å². The molecule has 1 aromatic heterocycles. The maximum atomic E-state index is 11.5. The summed E-state index contributed by atoms with van der Waals surface area (Å²) < 4.78 is 4.91. The molecule has 0 aliphatic rings. The number of para-hydroxylation sites is 1. The molecule has 0 aliphatic carbocycles. The number of pyridine rings is 1. The van der Waals surface area contributed by atoms with Crippen LogP contribution >= 0.6 is 0 Å². The minimum atomic E-state index is -0.342. The lowest BCUT2D eigenvalue weighted by Crippen LogP contribution is -2.12. The Morgan fingerprint density at radius 1 is 1.32 bits per heavy atom. The van der Waals surface area contributed by atoms with E-state index in [0.717, 1.165) is 22.2 Å². The molecular weight excluding hydrogens is 274 g/mol. The van der Waals surface area contributed by atoms with Crippen molar-refractivity contribution in [1.29, 1.82) is 0 Å². The molecule has 0 saturated carbocycles. The quantitative estimate of drug-likeness (QED) is 0.622. The summed E-state index contributed by atoms with van der Waals surface area (Å²) in [5, 5.41) is 1.15. The Morgan fingerprint density at radius 3 is 2.68 bits per heavy atom. The van der Waals surface area contributed by atoms with Crippen LogP contribution in [0.15, 0.2) is 30.3 Å². The van der Waals surface area contributed by atoms with Crippen molar-refractivity contribution in [2.24, 2.45) is 0 Å². The lowest BCUT2D eigenvalue weighted by Gasteiger charge is -2.21. The van der Waals surface area contributed by atoms with Gasteiger partial charge in [0, 0.05) is 11.5 Å². The number of carbonyl (C=O) groups excluding carboxylic acids is 1. The summed E-state index contributed by atoms with van der Waals surface area (Å²) in [5.41, 5.74) is 4.15. The number of rotatable bonds is 3. The van der Waals surface area contributed by atoms with E-state index in [-0.39, 0.29) is 11.4 Å². The molecule has 0 fully saturated rings. The van der Waals surface area contributed by atoms with Crippen molar-refractivity contribution in [2.75, 3.05) is 6.61 Å². The van der Waals surface area contributed by atoms with Crippen LogP contribution in [0.1, 0.15) is 44.5 Å². The Hall–Kier alpha value is -2.16. The molecule has 1 heterocycles. The number of esters is 1. The molecule has 2 rings (SSSR count). The molecule has 0 aliphatic heterocycles. The summed E-state index contributed by atoms with van der Waals surface area (Å²) in [6, 6.07) is 8.27. The predicted octanol–water partition coefficient (Wildman–Crippen LogP) is 4.42. The fourth-order valence-corrected chi connectivity index (χ4v) is 2.48. The maximum Gasteiger partial charge on any atom is 0.330 e. The standard InChI is InChI=1S/C19H23NO2/c1-6-22-17(21)11-10-14-12-13(2)15-8-7-9-16(18(15)20-14)19(3,4)5/h7-12H,6H2,1-5H3/b11-10+. The largest absolute Gasteiger partial charge is 0.463 e. The molecule has 116 valence electrons. The van der Waals surface area contributed by atoms with Crippen molar-refractivity contribution in [1.82, 2.24) is 4.98 Å². The highest BCUT2D eigenvalue weighted by Gasteiger charge is 2.18. The Balaban J connectivity index is 2.53. The first-order chi connectivity index (χ1) is 10.3. The van der Waals surface area contributed by atoms with Gasteiger partial charge in [-0.15, -0.1) is 0 Å². The number of hydrogen-bond acceptors (Lipinski definition) is 3. The second kappa shape index (κ2) is 6.30. The molecule has 3 heteroatoms. The van der Waals surface area contributed by atoms with E-state index in [0.29, 0.717) is 6.61 Å². The van der Waals surface area contributed by atoms with Gasteiger partial charge in [-0.1, -0.05) is 39.0 Å². The van der Waals surface area contributed by atoms with Crippen molar-refractivity contribution in [3.05, 3.63) is 47.2 Å². The molecular formula is C19H23NO2. The molecule has 0 amide bonds. The van der Waals surface area contributed by atoms with Crippen molar-refractivity contribution in [2.45, 2.75) is 40.0 Å². The summed E-state index contributed by atoms with van der Waals surface area (Å²) in [6.45, 7) is 10.8. The predicted molar refractivity (Wildman–Crippen MR) is 90.8 cm³/mol. The second-order valence-corrected chi connectivity index (χ2v) is 6.40. The lowest BCUT2D eigenvalue weighted by atomic mass is 9.85. The lowest BCUT2D eigenvalue weighted by molar-refractivity contribution is -0.137. The molecule has 3 nitrogen and oxygen atoms in total.